The Morgan fingerprint density at radius 1 is 1.36 bits per heavy atom. The van der Waals surface area contributed by atoms with Crippen LogP contribution < -0.4 is 10.5 Å². The predicted octanol–water partition coefficient (Wildman–Crippen LogP) is 3.14. The van der Waals surface area contributed by atoms with E-state index in [2.05, 4.69) is 15.0 Å². The van der Waals surface area contributed by atoms with Gasteiger partial charge in [0.1, 0.15) is 29.6 Å². The van der Waals surface area contributed by atoms with Gasteiger partial charge in [0, 0.05) is 46.7 Å². The van der Waals surface area contributed by atoms with E-state index in [0.717, 1.165) is 16.5 Å². The summed E-state index contributed by atoms with van der Waals surface area (Å²) in [7, 11) is 0. The Hall–Kier alpha value is -3.73. The summed E-state index contributed by atoms with van der Waals surface area (Å²) in [5, 5.41) is 9.76. The van der Waals surface area contributed by atoms with Crippen molar-refractivity contribution in [3.05, 3.63) is 47.9 Å². The van der Waals surface area contributed by atoms with Crippen molar-refractivity contribution in [3.8, 4) is 23.1 Å². The van der Waals surface area contributed by atoms with Crippen LogP contribution in [0.25, 0.3) is 28.2 Å². The maximum atomic E-state index is 13.5. The molecule has 1 amide bonds. The molecule has 0 unspecified atom stereocenters. The number of carbonyl (C=O) groups is 1. The number of hydrogen-bond acceptors (Lipinski definition) is 5. The number of nitrogens with zero attached hydrogens (tertiary/aromatic N) is 3. The van der Waals surface area contributed by atoms with Gasteiger partial charge in [0.2, 0.25) is 5.88 Å². The van der Waals surface area contributed by atoms with Gasteiger partial charge < -0.3 is 15.5 Å². The molecule has 0 bridgehead atoms. The summed E-state index contributed by atoms with van der Waals surface area (Å²) >= 11 is 0. The first-order valence-electron chi connectivity index (χ1n) is 8.44. The van der Waals surface area contributed by atoms with Crippen LogP contribution in [0.15, 0.2) is 42.4 Å². The maximum absolute atomic E-state index is 13.5. The van der Waals surface area contributed by atoms with E-state index in [1.54, 1.807) is 36.8 Å². The Morgan fingerprint density at radius 2 is 2.11 bits per heavy atom. The lowest BCUT2D eigenvalue weighted by Crippen LogP contribution is -2.22. The number of nitrogens with two attached hydrogens (primary N) is 1. The zero-order valence-corrected chi connectivity index (χ0v) is 15.4. The Bertz CT molecular complexity index is 1090. The van der Waals surface area contributed by atoms with E-state index in [1.165, 1.54) is 19.9 Å². The number of fused-ring (bicyclic) bond motifs is 1. The third-order valence-electron chi connectivity index (χ3n) is 3.88. The quantitative estimate of drug-likeness (QED) is 0.504. The normalized spacial score (nSPS) is 12.0. The number of alkyl halides is 1. The molecule has 0 aliphatic heterocycles. The summed E-state index contributed by atoms with van der Waals surface area (Å²) in [5.74, 6) is -0.467. The van der Waals surface area contributed by atoms with Crippen LogP contribution in [0, 0.1) is 11.3 Å². The molecule has 28 heavy (non-hydrogen) atoms. The molecule has 3 heterocycles. The first kappa shape index (κ1) is 19.0. The molecule has 3 aromatic rings. The summed E-state index contributed by atoms with van der Waals surface area (Å²) in [6.45, 7) is 2.77. The van der Waals surface area contributed by atoms with Crippen LogP contribution in [-0.4, -0.2) is 33.1 Å². The summed E-state index contributed by atoms with van der Waals surface area (Å²) in [6.07, 6.45) is 6.35. The number of nitriles is 1. The second kappa shape index (κ2) is 7.48. The Balaban J connectivity index is 1.91. The molecule has 3 aromatic heterocycles. The topological polar surface area (TPSA) is 118 Å². The highest BCUT2D eigenvalue weighted by Gasteiger charge is 2.16. The fourth-order valence-electron chi connectivity index (χ4n) is 2.50. The minimum Gasteiger partial charge on any atom is -0.474 e. The molecule has 0 fully saturated rings. The summed E-state index contributed by atoms with van der Waals surface area (Å²) in [4.78, 5) is 22.8. The number of primary amides is 1. The minimum absolute atomic E-state index is 0.0903. The smallest absolute Gasteiger partial charge is 0.259 e. The molecule has 0 spiro atoms. The third kappa shape index (κ3) is 4.32. The average molecular weight is 379 g/mol. The minimum atomic E-state index is -1.44. The molecule has 0 saturated carbocycles. The second-order valence-corrected chi connectivity index (χ2v) is 6.79. The van der Waals surface area contributed by atoms with E-state index in [9.17, 15) is 9.18 Å². The molecule has 0 atom stereocenters. The van der Waals surface area contributed by atoms with Crippen LogP contribution in [0.3, 0.4) is 0 Å². The number of H-pyrrole nitrogens is 1. The lowest BCUT2D eigenvalue weighted by molar-refractivity contribution is -0.114. The van der Waals surface area contributed by atoms with E-state index in [1.807, 2.05) is 6.07 Å². The number of rotatable bonds is 6. The number of ether oxygens (including phenoxy) is 1. The predicted molar refractivity (Wildman–Crippen MR) is 103 cm³/mol. The van der Waals surface area contributed by atoms with Crippen molar-refractivity contribution in [3.63, 3.8) is 0 Å². The van der Waals surface area contributed by atoms with Crippen molar-refractivity contribution in [1.29, 1.82) is 5.26 Å². The molecule has 0 aliphatic carbocycles. The number of nitrogens with one attached hydrogen (secondary N) is 1. The third-order valence-corrected chi connectivity index (χ3v) is 3.88. The van der Waals surface area contributed by atoms with Gasteiger partial charge in [-0.05, 0) is 32.1 Å². The van der Waals surface area contributed by atoms with Crippen molar-refractivity contribution in [2.45, 2.75) is 19.5 Å². The fraction of sp³-hybridized carbons (Fsp3) is 0.200. The monoisotopic (exact) mass is 379 g/mol. The SMILES string of the molecule is CC(C)(F)COc1ccc(-c2cnc3[nH]cc(C=C(C#N)C(N)=O)c3c2)cn1. The molecular weight excluding hydrogens is 361 g/mol. The maximum Gasteiger partial charge on any atom is 0.259 e. The Kier molecular flexibility index (Phi) is 5.09. The van der Waals surface area contributed by atoms with E-state index in [-0.39, 0.29) is 12.2 Å². The average Bonchev–Trinajstić information content (AvgIpc) is 3.06. The van der Waals surface area contributed by atoms with Gasteiger partial charge >= 0.3 is 0 Å². The number of aromatic nitrogens is 3. The van der Waals surface area contributed by atoms with Crippen molar-refractivity contribution in [2.24, 2.45) is 5.73 Å². The zero-order valence-electron chi connectivity index (χ0n) is 15.4. The van der Waals surface area contributed by atoms with Gasteiger partial charge in [0.05, 0.1) is 0 Å². The van der Waals surface area contributed by atoms with Crippen LogP contribution in [0.1, 0.15) is 19.4 Å². The van der Waals surface area contributed by atoms with Crippen molar-refractivity contribution < 1.29 is 13.9 Å². The molecular formula is C20H18FN5O2. The molecule has 3 rings (SSSR count). The molecule has 7 nitrogen and oxygen atoms in total. The Labute approximate surface area is 160 Å². The van der Waals surface area contributed by atoms with Gasteiger partial charge in [-0.15, -0.1) is 0 Å². The highest BCUT2D eigenvalue weighted by molar-refractivity contribution is 6.03. The number of hydrogen-bond donors (Lipinski definition) is 2. The highest BCUT2D eigenvalue weighted by atomic mass is 19.1. The van der Waals surface area contributed by atoms with Gasteiger partial charge in [0.15, 0.2) is 0 Å². The molecule has 142 valence electrons. The molecule has 0 aliphatic rings. The first-order chi connectivity index (χ1) is 13.3. The number of pyridine rings is 2. The molecule has 0 saturated heterocycles. The lowest BCUT2D eigenvalue weighted by atomic mass is 10.1. The fourth-order valence-corrected chi connectivity index (χ4v) is 2.50. The molecule has 0 aromatic carbocycles. The summed E-state index contributed by atoms with van der Waals surface area (Å²) in [6, 6.07) is 7.10. The van der Waals surface area contributed by atoms with Crippen LogP contribution in [0.2, 0.25) is 0 Å². The number of carbonyl (C=O) groups excluding carboxylic acids is 1. The zero-order chi connectivity index (χ0) is 20.3. The van der Waals surface area contributed by atoms with E-state index >= 15 is 0 Å². The summed E-state index contributed by atoms with van der Waals surface area (Å²) in [5.41, 5.74) is 6.40. The first-order valence-corrected chi connectivity index (χ1v) is 8.44. The van der Waals surface area contributed by atoms with Gasteiger partial charge in [-0.2, -0.15) is 5.26 Å². The van der Waals surface area contributed by atoms with Crippen LogP contribution in [0.5, 0.6) is 5.88 Å². The van der Waals surface area contributed by atoms with E-state index in [0.29, 0.717) is 17.1 Å². The van der Waals surface area contributed by atoms with Gasteiger partial charge in [-0.1, -0.05) is 0 Å². The number of amides is 1. The van der Waals surface area contributed by atoms with Crippen molar-refractivity contribution in [2.75, 3.05) is 6.61 Å². The summed E-state index contributed by atoms with van der Waals surface area (Å²) < 4.78 is 18.9. The molecule has 8 heteroatoms. The lowest BCUT2D eigenvalue weighted by Gasteiger charge is -2.14. The van der Waals surface area contributed by atoms with Crippen LogP contribution >= 0.6 is 0 Å². The van der Waals surface area contributed by atoms with Gasteiger partial charge in [-0.25, -0.2) is 14.4 Å². The largest absolute Gasteiger partial charge is 0.474 e. The van der Waals surface area contributed by atoms with Crippen molar-refractivity contribution in [1.82, 2.24) is 15.0 Å². The molecule has 0 radical (unpaired) electrons. The standard InChI is InChI=1S/C20H18FN5O2/c1-20(2,21)11-28-17-4-3-12(8-24-17)14-6-16-15(5-13(7-22)18(23)27)10-26-19(16)25-9-14/h3-6,8-10H,11H2,1-2H3,(H2,23,27)(H,25,26). The highest BCUT2D eigenvalue weighted by Crippen LogP contribution is 2.26. The number of aromatic amines is 1. The second-order valence-electron chi connectivity index (χ2n) is 6.79. The van der Waals surface area contributed by atoms with Crippen LogP contribution in [0.4, 0.5) is 4.39 Å². The van der Waals surface area contributed by atoms with E-state index in [4.69, 9.17) is 15.7 Å². The van der Waals surface area contributed by atoms with Crippen LogP contribution in [-0.2, 0) is 4.79 Å². The Morgan fingerprint density at radius 3 is 2.71 bits per heavy atom. The number of halogens is 1. The molecule has 3 N–H and O–H groups in total. The van der Waals surface area contributed by atoms with E-state index < -0.39 is 11.6 Å². The van der Waals surface area contributed by atoms with Gasteiger partial charge in [-0.3, -0.25) is 4.79 Å². The van der Waals surface area contributed by atoms with Gasteiger partial charge in [0.25, 0.3) is 5.91 Å². The van der Waals surface area contributed by atoms with Crippen molar-refractivity contribution >= 4 is 23.0 Å².